The van der Waals surface area contributed by atoms with Crippen molar-refractivity contribution in [3.8, 4) is 0 Å². The molecule has 3 aliphatic heterocycles. The van der Waals surface area contributed by atoms with Gasteiger partial charge >= 0.3 is 5.91 Å². The molecule has 7 nitrogen and oxygen atoms in total. The summed E-state index contributed by atoms with van der Waals surface area (Å²) in [5.41, 5.74) is 3.65. The second-order valence-corrected chi connectivity index (χ2v) is 14.8. The molecule has 1 amide bonds. The summed E-state index contributed by atoms with van der Waals surface area (Å²) in [6.07, 6.45) is 12.2. The van der Waals surface area contributed by atoms with Gasteiger partial charge in [-0.25, -0.2) is 9.00 Å². The summed E-state index contributed by atoms with van der Waals surface area (Å²) < 4.78 is 25.9. The van der Waals surface area contributed by atoms with E-state index in [0.29, 0.717) is 42.7 Å². The molecule has 1 aromatic carbocycles. The maximum Gasteiger partial charge on any atom is 0.450 e. The smallest absolute Gasteiger partial charge is 0.450 e. The molecule has 0 saturated heterocycles. The van der Waals surface area contributed by atoms with Gasteiger partial charge < -0.3 is 14.4 Å². The molecule has 0 bridgehead atoms. The third kappa shape index (κ3) is 6.34. The molecule has 1 unspecified atom stereocenters. The lowest BCUT2D eigenvalue weighted by atomic mass is 9.70. The van der Waals surface area contributed by atoms with Crippen molar-refractivity contribution in [2.24, 2.45) is 17.7 Å². The van der Waals surface area contributed by atoms with E-state index in [0.717, 1.165) is 58.5 Å². The molecule has 1 aromatic rings. The number of ether oxygens (including phenoxy) is 2. The molecule has 3 heterocycles. The van der Waals surface area contributed by atoms with Gasteiger partial charge in [0.2, 0.25) is 0 Å². The van der Waals surface area contributed by atoms with E-state index < -0.39 is 16.5 Å². The number of carbonyl (C=O) groups excluding carboxylic acids is 1. The number of rotatable bonds is 2. The highest BCUT2D eigenvalue weighted by Crippen LogP contribution is 2.48. The summed E-state index contributed by atoms with van der Waals surface area (Å²) in [5, 5.41) is 0.748. The zero-order valence-electron chi connectivity index (χ0n) is 23.9. The number of hydrogen-bond donors (Lipinski definition) is 2. The van der Waals surface area contributed by atoms with Gasteiger partial charge in [-0.2, -0.15) is 0 Å². The molecule has 5 atom stereocenters. The minimum atomic E-state index is -2.06. The average molecular weight is 619 g/mol. The Kier molecular flexibility index (Phi) is 9.71. The van der Waals surface area contributed by atoms with Crippen LogP contribution in [0.2, 0.25) is 5.02 Å². The maximum absolute atomic E-state index is 13.4. The molecule has 222 valence electrons. The number of thioether (sulfide) groups is 1. The molecule has 41 heavy (non-hydrogen) atoms. The molecule has 1 aliphatic carbocycles. The Morgan fingerprint density at radius 2 is 2.20 bits per heavy atom. The van der Waals surface area contributed by atoms with Crippen LogP contribution in [0.1, 0.15) is 43.7 Å². The average Bonchev–Trinajstić information content (AvgIpc) is 3.08. The number of carbonyl (C=O) groups is 1. The first-order chi connectivity index (χ1) is 19.8. The van der Waals surface area contributed by atoms with E-state index >= 15 is 0 Å². The van der Waals surface area contributed by atoms with Crippen molar-refractivity contribution in [3.63, 3.8) is 0 Å². The minimum absolute atomic E-state index is 0.0277. The molecule has 5 rings (SSSR count). The fourth-order valence-electron chi connectivity index (χ4n) is 6.42. The molecule has 10 heteroatoms. The minimum Gasteiger partial charge on any atom is -0.494 e. The van der Waals surface area contributed by atoms with Crippen LogP contribution in [0.5, 0.6) is 0 Å². The Bertz CT molecular complexity index is 1380. The van der Waals surface area contributed by atoms with Gasteiger partial charge in [0.25, 0.3) is 0 Å². The normalized spacial score (nSPS) is 34.2. The number of allylic oxidation sites excluding steroid dienone is 3. The Balaban J connectivity index is 1.60. The van der Waals surface area contributed by atoms with Crippen molar-refractivity contribution >= 4 is 39.9 Å². The van der Waals surface area contributed by atoms with E-state index in [1.807, 2.05) is 30.8 Å². The van der Waals surface area contributed by atoms with Gasteiger partial charge in [-0.05, 0) is 90.0 Å². The summed E-state index contributed by atoms with van der Waals surface area (Å²) >= 11 is 8.33. The topological polar surface area (TPSA) is 84.9 Å². The molecule has 2 N–H and O–H groups in total. The van der Waals surface area contributed by atoms with Crippen LogP contribution in [0.3, 0.4) is 0 Å². The first-order valence-electron chi connectivity index (χ1n) is 14.3. The van der Waals surface area contributed by atoms with Crippen molar-refractivity contribution in [1.29, 1.82) is 0 Å². The fourth-order valence-corrected chi connectivity index (χ4v) is 9.06. The molecular weight excluding hydrogens is 578 g/mol. The predicted molar refractivity (Wildman–Crippen MR) is 167 cm³/mol. The summed E-state index contributed by atoms with van der Waals surface area (Å²) in [6, 6.07) is 6.21. The zero-order chi connectivity index (χ0) is 29.1. The Morgan fingerprint density at radius 1 is 1.37 bits per heavy atom. The second-order valence-electron chi connectivity index (χ2n) is 11.3. The first kappa shape index (κ1) is 30.4. The molecule has 1 fully saturated rings. The number of thiol groups is 1. The van der Waals surface area contributed by atoms with Gasteiger partial charge in [0.15, 0.2) is 10.6 Å². The number of benzene rings is 1. The number of hydrazine groups is 1. The summed E-state index contributed by atoms with van der Waals surface area (Å²) in [5.74, 6) is 8.46. The first-order valence-corrected chi connectivity index (χ1v) is 17.1. The van der Waals surface area contributed by atoms with E-state index in [1.165, 1.54) is 17.2 Å². The number of halogens is 1. The lowest BCUT2D eigenvalue weighted by Crippen LogP contribution is -2.47. The highest BCUT2D eigenvalue weighted by molar-refractivity contribution is 8.00. The summed E-state index contributed by atoms with van der Waals surface area (Å²) in [4.78, 5) is 15.8. The van der Waals surface area contributed by atoms with Crippen LogP contribution in [0.15, 0.2) is 66.1 Å². The van der Waals surface area contributed by atoms with Crippen LogP contribution < -0.4 is 5.84 Å². The number of aryl methyl sites for hydroxylation is 1. The highest BCUT2D eigenvalue weighted by atomic mass is 35.5. The molecule has 1 saturated carbocycles. The van der Waals surface area contributed by atoms with E-state index in [-0.39, 0.29) is 10.9 Å². The van der Waals surface area contributed by atoms with Gasteiger partial charge in [0.05, 0.1) is 27.9 Å². The number of nitrogens with two attached hydrogens (primary N) is 1. The fraction of sp³-hybridized carbons (Fsp3) is 0.516. The van der Waals surface area contributed by atoms with E-state index in [4.69, 9.17) is 26.9 Å². The summed E-state index contributed by atoms with van der Waals surface area (Å²) in [6.45, 7) is 7.88. The van der Waals surface area contributed by atoms with Crippen LogP contribution in [-0.2, 0) is 36.0 Å². The molecule has 4 aliphatic rings. The lowest BCUT2D eigenvalue weighted by Gasteiger charge is -2.46. The largest absolute Gasteiger partial charge is 0.494 e. The summed E-state index contributed by atoms with van der Waals surface area (Å²) in [7, 11) is -0.285. The Hall–Kier alpha value is -2.04. The third-order valence-electron chi connectivity index (χ3n) is 8.86. The van der Waals surface area contributed by atoms with E-state index in [9.17, 15) is 9.00 Å². The van der Waals surface area contributed by atoms with Gasteiger partial charge in [0, 0.05) is 25.2 Å². The molecule has 0 radical (unpaired) electrons. The Morgan fingerprint density at radius 3 is 2.93 bits per heavy atom. The standard InChI is InChI=1S/C31H41ClN3O4S2/c1-4-22-17-28-21(2)39-20-31(27-12-10-25(32)16-23(27)13-14-40-31)19-34(28)18-24-9-11-26(24)29(38-3)8-6-5-7-15-41(37)35(33)30(22)36/h4,6,8,10,12,16-17,24,26,29,41H,1,5,7,9,11,13-15,18-20,33H2,2-3H3/q+1/b8-6+,22-17+/t24-,26+,29-,31+/m0/s1. The van der Waals surface area contributed by atoms with Crippen molar-refractivity contribution in [2.45, 2.75) is 49.9 Å². The van der Waals surface area contributed by atoms with Crippen LogP contribution in [-0.4, -0.2) is 63.5 Å². The second kappa shape index (κ2) is 13.1. The molecular formula is C31H41ClN3O4S2+. The van der Waals surface area contributed by atoms with Crippen molar-refractivity contribution < 1.29 is 22.5 Å². The number of nitrogens with zero attached hydrogens (tertiary/aromatic N) is 2. The molecule has 0 aromatic heterocycles. The number of hydrogen-bond acceptors (Lipinski definition) is 7. The van der Waals surface area contributed by atoms with Crippen molar-refractivity contribution in [3.05, 3.63) is 82.3 Å². The number of methoxy groups -OCH3 is 1. The maximum atomic E-state index is 13.4. The van der Waals surface area contributed by atoms with Crippen molar-refractivity contribution in [2.75, 3.05) is 38.3 Å². The molecule has 1 spiro atoms. The van der Waals surface area contributed by atoms with Gasteiger partial charge in [-0.3, -0.25) is 0 Å². The Labute approximate surface area is 254 Å². The number of fused-ring (bicyclic) bond motifs is 4. The van der Waals surface area contributed by atoms with E-state index in [1.54, 1.807) is 7.11 Å². The van der Waals surface area contributed by atoms with Crippen LogP contribution in [0, 0.1) is 11.8 Å². The van der Waals surface area contributed by atoms with Gasteiger partial charge in [-0.1, -0.05) is 48.3 Å². The number of amides is 1. The van der Waals surface area contributed by atoms with Crippen LogP contribution in [0.4, 0.5) is 0 Å². The quantitative estimate of drug-likeness (QED) is 0.159. The highest BCUT2D eigenvalue weighted by Gasteiger charge is 2.45. The monoisotopic (exact) mass is 618 g/mol. The lowest BCUT2D eigenvalue weighted by molar-refractivity contribution is -0.431. The van der Waals surface area contributed by atoms with Crippen LogP contribution in [0.25, 0.3) is 0 Å². The van der Waals surface area contributed by atoms with Crippen LogP contribution >= 0.6 is 23.4 Å². The van der Waals surface area contributed by atoms with E-state index in [2.05, 4.69) is 35.8 Å². The predicted octanol–water partition coefficient (Wildman–Crippen LogP) is 4.97. The van der Waals surface area contributed by atoms with Gasteiger partial charge in [-0.15, -0.1) is 11.8 Å². The zero-order valence-corrected chi connectivity index (χ0v) is 26.4. The van der Waals surface area contributed by atoms with Crippen molar-refractivity contribution in [1.82, 2.24) is 4.90 Å². The van der Waals surface area contributed by atoms with Gasteiger partial charge in [0.1, 0.15) is 12.4 Å². The SMILES string of the molecule is C=C/C1=C\C2=C(C)OC[C@@]3(CN2C[C@@H]2CC[C@H]2[C@@H](OC)/C=C/CCC/[SH](=O)=[N+](/N)C1=O)SCCc1cc(Cl)ccc13. The third-order valence-corrected chi connectivity index (χ3v) is 11.9.